The lowest BCUT2D eigenvalue weighted by Gasteiger charge is -2.05. The smallest absolute Gasteiger partial charge is 0.0533 e. The molecule has 0 rings (SSSR count). The molecule has 0 unspecified atom stereocenters. The van der Waals surface area contributed by atoms with Crippen LogP contribution in [0.2, 0.25) is 0 Å². The molecule has 0 saturated carbocycles. The minimum absolute atomic E-state index is 1.37. The summed E-state index contributed by atoms with van der Waals surface area (Å²) in [7, 11) is 0. The molecule has 0 nitrogen and oxygen atoms in total. The maximum absolute atomic E-state index is 2.32. The molecule has 0 fully saturated rings. The molecular formula is C111H224. The molecule has 0 radical (unpaired) electrons. The van der Waals surface area contributed by atoms with Crippen LogP contribution in [0.15, 0.2) is 0 Å². The average molecular weight is 1560 g/mol. The van der Waals surface area contributed by atoms with Gasteiger partial charge in [0.15, 0.2) is 0 Å². The lowest BCUT2D eigenvalue weighted by Crippen LogP contribution is -1.85. The van der Waals surface area contributed by atoms with Gasteiger partial charge in [-0.1, -0.05) is 714 Å². The quantitative estimate of drug-likeness (QED) is 0.0533. The molecule has 0 bridgehead atoms. The first-order chi connectivity index (χ1) is 55.4. The Labute approximate surface area is 709 Å². The van der Waals surface area contributed by atoms with Crippen LogP contribution in [0.4, 0.5) is 0 Å². The van der Waals surface area contributed by atoms with Gasteiger partial charge in [-0.15, -0.1) is 0 Å². The molecule has 0 amide bonds. The second kappa shape index (κ2) is 110. The summed E-state index contributed by atoms with van der Waals surface area (Å²) < 4.78 is 0. The van der Waals surface area contributed by atoms with Crippen molar-refractivity contribution in [1.29, 1.82) is 0 Å². The number of hydrogen-bond acceptors (Lipinski definition) is 0. The molecule has 0 heterocycles. The third-order valence-corrected chi connectivity index (χ3v) is 27.2. The van der Waals surface area contributed by atoms with E-state index in [0.29, 0.717) is 0 Å². The summed E-state index contributed by atoms with van der Waals surface area (Å²) in [6.07, 6.45) is 163. The van der Waals surface area contributed by atoms with Crippen LogP contribution in [-0.4, -0.2) is 0 Å². The van der Waals surface area contributed by atoms with Crippen LogP contribution >= 0.6 is 0 Å². The van der Waals surface area contributed by atoms with Crippen LogP contribution in [-0.2, 0) is 0 Å². The van der Waals surface area contributed by atoms with Crippen molar-refractivity contribution < 1.29 is 0 Å². The SMILES string of the molecule is CCCCCCCCCCCCCCCCCCCCCCCCCCCCCCCCCCCCCCCCCCCCCCCCCCCCCCCCCCCCCCCCCCCCCCCCCCCCCCCCCCCCCCCCCCCCCCCCCCCCCCCCCCCCCCC. The zero-order valence-corrected chi connectivity index (χ0v) is 79.1. The summed E-state index contributed by atoms with van der Waals surface area (Å²) in [4.78, 5) is 0. The molecule has 0 atom stereocenters. The Morgan fingerprint density at radius 3 is 0.0991 bits per heavy atom. The summed E-state index contributed by atoms with van der Waals surface area (Å²) in [6.45, 7) is 4.64. The monoisotopic (exact) mass is 1560 g/mol. The molecule has 0 aliphatic carbocycles. The van der Waals surface area contributed by atoms with Crippen LogP contribution in [0.5, 0.6) is 0 Å². The van der Waals surface area contributed by atoms with Gasteiger partial charge < -0.3 is 0 Å². The zero-order chi connectivity index (χ0) is 79.1. The minimum Gasteiger partial charge on any atom is -0.0654 e. The Morgan fingerprint density at radius 1 is 0.0450 bits per heavy atom. The van der Waals surface area contributed by atoms with Gasteiger partial charge in [0, 0.05) is 0 Å². The molecule has 0 N–H and O–H groups in total. The van der Waals surface area contributed by atoms with E-state index in [-0.39, 0.29) is 0 Å². The number of hydrogen-bond donors (Lipinski definition) is 0. The molecule has 0 saturated heterocycles. The van der Waals surface area contributed by atoms with Crippen LogP contribution in [0.25, 0.3) is 0 Å². The van der Waals surface area contributed by atoms with E-state index in [1.54, 1.807) is 0 Å². The van der Waals surface area contributed by atoms with Crippen molar-refractivity contribution in [3.05, 3.63) is 0 Å². The summed E-state index contributed by atoms with van der Waals surface area (Å²) >= 11 is 0. The molecule has 0 aromatic rings. The van der Waals surface area contributed by atoms with Crippen molar-refractivity contribution in [2.45, 2.75) is 714 Å². The first-order valence-electron chi connectivity index (χ1n) is 55.4. The first-order valence-corrected chi connectivity index (χ1v) is 55.4. The van der Waals surface area contributed by atoms with Crippen molar-refractivity contribution in [1.82, 2.24) is 0 Å². The Kier molecular flexibility index (Phi) is 110. The molecule has 0 heteroatoms. The van der Waals surface area contributed by atoms with Gasteiger partial charge in [-0.2, -0.15) is 0 Å². The second-order valence-corrected chi connectivity index (χ2v) is 38.8. The summed E-state index contributed by atoms with van der Waals surface area (Å²) in [5.41, 5.74) is 0. The van der Waals surface area contributed by atoms with Crippen molar-refractivity contribution in [3.63, 3.8) is 0 Å². The van der Waals surface area contributed by atoms with Gasteiger partial charge in [0.1, 0.15) is 0 Å². The van der Waals surface area contributed by atoms with Gasteiger partial charge >= 0.3 is 0 Å². The first kappa shape index (κ1) is 111. The van der Waals surface area contributed by atoms with Gasteiger partial charge in [0.05, 0.1) is 0 Å². The van der Waals surface area contributed by atoms with E-state index in [1.807, 2.05) is 0 Å². The lowest BCUT2D eigenvalue weighted by atomic mass is 10.0. The van der Waals surface area contributed by atoms with E-state index < -0.39 is 0 Å². The summed E-state index contributed by atoms with van der Waals surface area (Å²) in [6, 6.07) is 0. The van der Waals surface area contributed by atoms with Gasteiger partial charge in [-0.25, -0.2) is 0 Å². The summed E-state index contributed by atoms with van der Waals surface area (Å²) in [5.74, 6) is 0. The standard InChI is InChI=1S/C111H224/c1-3-5-7-9-11-13-15-17-19-21-23-25-27-29-31-33-35-37-39-41-43-45-47-49-51-53-55-57-59-61-63-65-67-69-71-73-75-77-79-81-83-85-87-89-91-93-95-97-99-101-103-105-107-109-111-110-108-106-104-102-100-98-96-94-92-90-88-86-84-82-80-78-76-74-72-70-68-66-64-62-60-58-56-54-52-50-48-46-44-42-40-38-36-34-32-30-28-26-24-22-20-18-16-14-12-10-8-6-4-2/h3-111H2,1-2H3. The Morgan fingerprint density at radius 2 is 0.0721 bits per heavy atom. The van der Waals surface area contributed by atoms with E-state index in [4.69, 9.17) is 0 Å². The van der Waals surface area contributed by atoms with Crippen LogP contribution in [0.1, 0.15) is 714 Å². The van der Waals surface area contributed by atoms with Crippen LogP contribution in [0.3, 0.4) is 0 Å². The third-order valence-electron chi connectivity index (χ3n) is 27.2. The van der Waals surface area contributed by atoms with Crippen molar-refractivity contribution in [3.8, 4) is 0 Å². The molecule has 0 aromatic heterocycles. The van der Waals surface area contributed by atoms with Gasteiger partial charge in [-0.3, -0.25) is 0 Å². The molecule has 111 heavy (non-hydrogen) atoms. The van der Waals surface area contributed by atoms with Crippen molar-refractivity contribution in [2.24, 2.45) is 0 Å². The Hall–Kier alpha value is 0. The van der Waals surface area contributed by atoms with Crippen LogP contribution in [0, 0.1) is 0 Å². The Bertz CT molecular complexity index is 1340. The van der Waals surface area contributed by atoms with Gasteiger partial charge in [0.2, 0.25) is 0 Å². The average Bonchev–Trinajstić information content (AvgIpc) is 3.81. The fraction of sp³-hybridized carbons (Fsp3) is 1.00. The van der Waals surface area contributed by atoms with E-state index in [0.717, 1.165) is 0 Å². The fourth-order valence-electron chi connectivity index (χ4n) is 19.1. The molecule has 668 valence electrons. The Balaban J connectivity index is 3.10. The van der Waals surface area contributed by atoms with E-state index >= 15 is 0 Å². The van der Waals surface area contributed by atoms with E-state index in [1.165, 1.54) is 700 Å². The molecule has 0 aliphatic rings. The predicted octanol–water partition coefficient (Wildman–Crippen LogP) is 43.5. The highest BCUT2D eigenvalue weighted by molar-refractivity contribution is 4.61. The predicted molar refractivity (Wildman–Crippen MR) is 515 cm³/mol. The topological polar surface area (TPSA) is 0 Å². The zero-order valence-electron chi connectivity index (χ0n) is 79.1. The van der Waals surface area contributed by atoms with Crippen molar-refractivity contribution >= 4 is 0 Å². The normalized spacial score (nSPS) is 11.8. The number of rotatable bonds is 108. The minimum atomic E-state index is 1.37. The largest absolute Gasteiger partial charge is 0.0654 e. The van der Waals surface area contributed by atoms with Crippen molar-refractivity contribution in [2.75, 3.05) is 0 Å². The highest BCUT2D eigenvalue weighted by atomic mass is 14.1. The highest BCUT2D eigenvalue weighted by Gasteiger charge is 2.05. The van der Waals surface area contributed by atoms with Gasteiger partial charge in [-0.05, 0) is 0 Å². The molecular weight excluding hydrogens is 1330 g/mol. The molecule has 0 spiro atoms. The van der Waals surface area contributed by atoms with E-state index in [2.05, 4.69) is 13.8 Å². The lowest BCUT2D eigenvalue weighted by molar-refractivity contribution is 0.505. The molecule has 0 aromatic carbocycles. The fourth-order valence-corrected chi connectivity index (χ4v) is 19.1. The summed E-state index contributed by atoms with van der Waals surface area (Å²) in [5, 5.41) is 0. The highest BCUT2D eigenvalue weighted by Crippen LogP contribution is 2.25. The maximum atomic E-state index is 2.32. The van der Waals surface area contributed by atoms with E-state index in [9.17, 15) is 0 Å². The molecule has 0 aliphatic heterocycles. The third kappa shape index (κ3) is 110. The van der Waals surface area contributed by atoms with Gasteiger partial charge in [0.25, 0.3) is 0 Å². The second-order valence-electron chi connectivity index (χ2n) is 38.8. The number of unbranched alkanes of at least 4 members (excludes halogenated alkanes) is 108. The van der Waals surface area contributed by atoms with Crippen LogP contribution < -0.4 is 0 Å². The maximum Gasteiger partial charge on any atom is -0.0533 e.